The van der Waals surface area contributed by atoms with Gasteiger partial charge in [-0.3, -0.25) is 0 Å². The molecule has 0 aliphatic carbocycles. The van der Waals surface area contributed by atoms with Crippen LogP contribution in [-0.2, 0) is 0 Å². The number of hydrogen-bond acceptors (Lipinski definition) is 0. The van der Waals surface area contributed by atoms with Crippen LogP contribution in [0.5, 0.6) is 0 Å². The predicted molar refractivity (Wildman–Crippen MR) is 273 cm³/mol. The molecule has 0 spiro atoms. The fourth-order valence-corrected chi connectivity index (χ4v) is 9.82. The van der Waals surface area contributed by atoms with Crippen molar-refractivity contribution in [2.75, 3.05) is 27.2 Å². The Morgan fingerprint density at radius 3 is 0.383 bits per heavy atom. The van der Waals surface area contributed by atoms with E-state index in [1.165, 1.54) is 351 Å². The molecule has 0 aliphatic rings. The molecule has 0 unspecified atom stereocenters. The van der Waals surface area contributed by atoms with Crippen molar-refractivity contribution in [1.82, 2.24) is 0 Å². The lowest BCUT2D eigenvalue weighted by Gasteiger charge is -2.30. The van der Waals surface area contributed by atoms with Gasteiger partial charge in [-0.2, -0.15) is 0 Å². The lowest BCUT2D eigenvalue weighted by molar-refractivity contribution is -0.890. The fourth-order valence-electron chi connectivity index (χ4n) is 9.82. The van der Waals surface area contributed by atoms with Crippen LogP contribution in [0.25, 0.3) is 0 Å². The molecule has 0 heterocycles. The van der Waals surface area contributed by atoms with Crippen LogP contribution in [0, 0.1) is 0 Å². The van der Waals surface area contributed by atoms with Gasteiger partial charge in [-0.25, -0.2) is 0 Å². The Labute approximate surface area is 394 Å². The Kier molecular flexibility index (Phi) is 57.9. The summed E-state index contributed by atoms with van der Waals surface area (Å²) in [6.07, 6.45) is 76.9. The lowest BCUT2D eigenvalue weighted by Crippen LogP contribution is -3.00. The third-order valence-electron chi connectivity index (χ3n) is 14.2. The van der Waals surface area contributed by atoms with Crippen LogP contribution < -0.4 is 17.0 Å². The van der Waals surface area contributed by atoms with Crippen LogP contribution in [0.3, 0.4) is 0 Å². The van der Waals surface area contributed by atoms with Gasteiger partial charge in [0.2, 0.25) is 0 Å². The lowest BCUT2D eigenvalue weighted by atomic mass is 10.0. The van der Waals surface area contributed by atoms with Crippen molar-refractivity contribution >= 4 is 0 Å². The van der Waals surface area contributed by atoms with E-state index in [2.05, 4.69) is 27.9 Å². The van der Waals surface area contributed by atoms with E-state index in [1.807, 2.05) is 0 Å². The van der Waals surface area contributed by atoms with Crippen LogP contribution >= 0.6 is 0 Å². The summed E-state index contributed by atoms with van der Waals surface area (Å²) in [6, 6.07) is 0. The first-order valence-electron chi connectivity index (χ1n) is 28.9. The van der Waals surface area contributed by atoms with Crippen LogP contribution in [-0.4, -0.2) is 31.7 Å². The molecule has 0 atom stereocenters. The van der Waals surface area contributed by atoms with Crippen LogP contribution in [0.15, 0.2) is 0 Å². The van der Waals surface area contributed by atoms with E-state index in [0.29, 0.717) is 0 Å². The third-order valence-corrected chi connectivity index (χ3v) is 14.2. The summed E-state index contributed by atoms with van der Waals surface area (Å²) in [5.41, 5.74) is 0. The van der Waals surface area contributed by atoms with Gasteiger partial charge in [0.05, 0.1) is 27.2 Å². The Bertz CT molecular complexity index is 661. The number of unbranched alkanes of at least 4 members (excludes halogenated alkanes) is 50. The van der Waals surface area contributed by atoms with Gasteiger partial charge >= 0.3 is 0 Å². The maximum Gasteiger partial charge on any atom is 0.0782 e. The van der Waals surface area contributed by atoms with Gasteiger partial charge < -0.3 is 21.5 Å². The van der Waals surface area contributed by atoms with Crippen molar-refractivity contribution in [1.29, 1.82) is 0 Å². The van der Waals surface area contributed by atoms with E-state index in [9.17, 15) is 0 Å². The normalized spacial score (nSPS) is 11.8. The average molecular weight is 912 g/mol. The van der Waals surface area contributed by atoms with Crippen molar-refractivity contribution < 1.29 is 21.5 Å². The first kappa shape index (κ1) is 62.5. The molecule has 0 aromatic heterocycles. The van der Waals surface area contributed by atoms with Crippen molar-refractivity contribution in [2.45, 2.75) is 348 Å². The molecule has 2 heteroatoms. The number of quaternary nitrogens is 1. The highest BCUT2D eigenvalue weighted by atomic mass is 79.9. The molecule has 0 aliphatic heterocycles. The standard InChI is InChI=1S/C58H120N.BrH/c1-5-7-9-11-13-15-17-19-21-23-25-27-29-31-33-35-37-39-41-43-45-47-49-51-53-55-57-59(3,4)58-56-54-52-50-48-46-44-42-40-38-36-34-32-30-28-26-24-22-20-18-16-14-12-10-8-6-2;/h5-58H2,1-4H3;1H/q+1;/p-1. The molecular weight excluding hydrogens is 791 g/mol. The van der Waals surface area contributed by atoms with Gasteiger partial charge in [-0.15, -0.1) is 0 Å². The molecule has 0 saturated carbocycles. The minimum absolute atomic E-state index is 0. The molecule has 0 saturated heterocycles. The van der Waals surface area contributed by atoms with Crippen molar-refractivity contribution in [3.8, 4) is 0 Å². The monoisotopic (exact) mass is 910 g/mol. The van der Waals surface area contributed by atoms with Crippen LogP contribution in [0.2, 0.25) is 0 Å². The molecule has 0 rings (SSSR count). The first-order chi connectivity index (χ1) is 29.1. The molecule has 364 valence electrons. The molecule has 0 radical (unpaired) electrons. The highest BCUT2D eigenvalue weighted by Crippen LogP contribution is 2.19. The summed E-state index contributed by atoms with van der Waals surface area (Å²) >= 11 is 0. The van der Waals surface area contributed by atoms with E-state index in [1.54, 1.807) is 0 Å². The summed E-state index contributed by atoms with van der Waals surface area (Å²) < 4.78 is 1.25. The molecule has 1 nitrogen and oxygen atoms in total. The van der Waals surface area contributed by atoms with E-state index in [4.69, 9.17) is 0 Å². The van der Waals surface area contributed by atoms with Gasteiger partial charge in [0.15, 0.2) is 0 Å². The topological polar surface area (TPSA) is 0 Å². The molecule has 60 heavy (non-hydrogen) atoms. The van der Waals surface area contributed by atoms with Gasteiger partial charge in [0.25, 0.3) is 0 Å². The van der Waals surface area contributed by atoms with Gasteiger partial charge in [-0.05, 0) is 25.7 Å². The predicted octanol–water partition coefficient (Wildman–Crippen LogP) is 18.4. The second kappa shape index (κ2) is 55.6. The number of hydrogen-bond donors (Lipinski definition) is 0. The fraction of sp³-hybridized carbons (Fsp3) is 1.00. The third kappa shape index (κ3) is 56.5. The van der Waals surface area contributed by atoms with E-state index < -0.39 is 0 Å². The smallest absolute Gasteiger partial charge is 0.0782 e. The van der Waals surface area contributed by atoms with E-state index >= 15 is 0 Å². The molecule has 0 aromatic carbocycles. The first-order valence-corrected chi connectivity index (χ1v) is 28.9. The minimum atomic E-state index is 0. The van der Waals surface area contributed by atoms with E-state index in [-0.39, 0.29) is 17.0 Å². The zero-order valence-corrected chi connectivity index (χ0v) is 44.6. The van der Waals surface area contributed by atoms with Gasteiger partial charge in [0, 0.05) is 0 Å². The Morgan fingerprint density at radius 2 is 0.267 bits per heavy atom. The molecule has 0 amide bonds. The summed E-state index contributed by atoms with van der Waals surface area (Å²) in [5.74, 6) is 0. The molecule has 0 bridgehead atoms. The summed E-state index contributed by atoms with van der Waals surface area (Å²) in [5, 5.41) is 0. The van der Waals surface area contributed by atoms with Gasteiger partial charge in [0.1, 0.15) is 0 Å². The molecule has 0 N–H and O–H groups in total. The maximum absolute atomic E-state index is 2.49. The van der Waals surface area contributed by atoms with Crippen LogP contribution in [0.1, 0.15) is 348 Å². The highest BCUT2D eigenvalue weighted by molar-refractivity contribution is 4.55. The van der Waals surface area contributed by atoms with Crippen LogP contribution in [0.4, 0.5) is 0 Å². The number of nitrogens with zero attached hydrogens (tertiary/aromatic N) is 1. The zero-order chi connectivity index (χ0) is 42.7. The summed E-state index contributed by atoms with van der Waals surface area (Å²) in [4.78, 5) is 0. The van der Waals surface area contributed by atoms with Crippen molar-refractivity contribution in [2.24, 2.45) is 0 Å². The maximum atomic E-state index is 2.49. The molecule has 0 aromatic rings. The van der Waals surface area contributed by atoms with E-state index in [0.717, 1.165) is 0 Å². The minimum Gasteiger partial charge on any atom is -1.00 e. The Morgan fingerprint density at radius 1 is 0.167 bits per heavy atom. The second-order valence-electron chi connectivity index (χ2n) is 21.1. The number of rotatable bonds is 54. The summed E-state index contributed by atoms with van der Waals surface area (Å²) in [7, 11) is 4.97. The van der Waals surface area contributed by atoms with Crippen molar-refractivity contribution in [3.05, 3.63) is 0 Å². The van der Waals surface area contributed by atoms with Crippen molar-refractivity contribution in [3.63, 3.8) is 0 Å². The highest BCUT2D eigenvalue weighted by Gasteiger charge is 2.13. The molecule has 0 fully saturated rings. The quantitative estimate of drug-likeness (QED) is 0.0421. The Hall–Kier alpha value is 0.440. The van der Waals surface area contributed by atoms with Gasteiger partial charge in [-0.1, -0.05) is 322 Å². The summed E-state index contributed by atoms with van der Waals surface area (Å²) in [6.45, 7) is 7.40. The SMILES string of the molecule is CCCCCCCCCCCCCCCCCCCCCCCCCCCC[N+](C)(C)CCCCCCCCCCCCCCCCCCCCCCCCCCCC.[Br-]. The zero-order valence-electron chi connectivity index (χ0n) is 43.0. The largest absolute Gasteiger partial charge is 1.00 e. The average Bonchev–Trinajstić information content (AvgIpc) is 3.23. The Balaban J connectivity index is 0. The molecular formula is C58H120BrN. The number of halogens is 1. The second-order valence-corrected chi connectivity index (χ2v) is 21.1.